The molecule has 0 unspecified atom stereocenters. The predicted molar refractivity (Wildman–Crippen MR) is 70.2 cm³/mol. The lowest BCUT2D eigenvalue weighted by molar-refractivity contribution is 0.0630. The Labute approximate surface area is 123 Å². The van der Waals surface area contributed by atoms with Crippen molar-refractivity contribution in [1.82, 2.24) is 0 Å². The maximum atomic E-state index is 10.2. The Hall–Kier alpha value is -2.19. The predicted octanol–water partition coefficient (Wildman–Crippen LogP) is 2.42. The highest BCUT2D eigenvalue weighted by Gasteiger charge is 2.09. The van der Waals surface area contributed by atoms with Gasteiger partial charge in [0.25, 0.3) is 0 Å². The second-order valence-electron chi connectivity index (χ2n) is 3.18. The molecular weight excluding hydrogens is 288 g/mol. The van der Waals surface area contributed by atoms with Crippen molar-refractivity contribution in [2.45, 2.75) is 27.2 Å². The fourth-order valence-corrected chi connectivity index (χ4v) is 0.758. The van der Waals surface area contributed by atoms with E-state index in [1.54, 1.807) is 13.8 Å². The van der Waals surface area contributed by atoms with E-state index in [9.17, 15) is 14.4 Å². The second kappa shape index (κ2) is 15.9. The van der Waals surface area contributed by atoms with Crippen LogP contribution in [0.1, 0.15) is 27.2 Å². The summed E-state index contributed by atoms with van der Waals surface area (Å²) in [6.07, 6.45) is -1.58. The summed E-state index contributed by atoms with van der Waals surface area (Å²) in [5, 5.41) is 7.82. The molecule has 9 heteroatoms. The van der Waals surface area contributed by atoms with Crippen LogP contribution in [-0.4, -0.2) is 56.6 Å². The molecule has 0 bridgehead atoms. The van der Waals surface area contributed by atoms with Crippen molar-refractivity contribution >= 4 is 18.5 Å². The summed E-state index contributed by atoms with van der Waals surface area (Å²) in [6, 6.07) is 0. The summed E-state index contributed by atoms with van der Waals surface area (Å²) in [4.78, 5) is 29.5. The molecule has 1 aliphatic rings. The first kappa shape index (κ1) is 21.1. The zero-order valence-corrected chi connectivity index (χ0v) is 12.5. The van der Waals surface area contributed by atoms with Gasteiger partial charge in [-0.05, 0) is 20.3 Å². The molecule has 0 atom stereocenters. The van der Waals surface area contributed by atoms with Crippen molar-refractivity contribution in [1.29, 1.82) is 0 Å². The van der Waals surface area contributed by atoms with E-state index in [1.165, 1.54) is 0 Å². The number of rotatable bonds is 4. The van der Waals surface area contributed by atoms with E-state index in [0.29, 0.717) is 33.0 Å². The molecular formula is C12H22O9. The van der Waals surface area contributed by atoms with Gasteiger partial charge in [-0.2, -0.15) is 0 Å². The normalized spacial score (nSPS) is 11.5. The van der Waals surface area contributed by atoms with Gasteiger partial charge >= 0.3 is 18.5 Å². The molecule has 0 aromatic heterocycles. The highest BCUT2D eigenvalue weighted by molar-refractivity contribution is 5.61. The van der Waals surface area contributed by atoms with Crippen LogP contribution < -0.4 is 0 Å². The van der Waals surface area contributed by atoms with Crippen molar-refractivity contribution in [2.24, 2.45) is 0 Å². The average molecular weight is 310 g/mol. The van der Waals surface area contributed by atoms with Gasteiger partial charge in [0.2, 0.25) is 0 Å². The van der Waals surface area contributed by atoms with Crippen molar-refractivity contribution in [2.75, 3.05) is 33.0 Å². The maximum Gasteiger partial charge on any atom is 0.508 e. The first-order valence-electron chi connectivity index (χ1n) is 6.42. The van der Waals surface area contributed by atoms with Gasteiger partial charge in [0.1, 0.15) is 13.2 Å². The molecule has 0 aromatic rings. The summed E-state index contributed by atoms with van der Waals surface area (Å²) in [7, 11) is 0. The van der Waals surface area contributed by atoms with Crippen LogP contribution in [0.3, 0.4) is 0 Å². The van der Waals surface area contributed by atoms with E-state index in [4.69, 9.17) is 5.11 Å². The van der Waals surface area contributed by atoms with Gasteiger partial charge < -0.3 is 28.8 Å². The topological polar surface area (TPSA) is 118 Å². The molecule has 1 rings (SSSR count). The number of carboxylic acid groups (broad SMARTS) is 1. The number of hydrogen-bond acceptors (Lipinski definition) is 8. The van der Waals surface area contributed by atoms with Crippen molar-refractivity contribution < 1.29 is 43.2 Å². The fourth-order valence-electron chi connectivity index (χ4n) is 0.758. The Kier molecular flexibility index (Phi) is 16.0. The molecule has 0 radical (unpaired) electrons. The minimum Gasteiger partial charge on any atom is -0.450 e. The molecule has 0 spiro atoms. The van der Waals surface area contributed by atoms with Gasteiger partial charge in [0.15, 0.2) is 0 Å². The lowest BCUT2D eigenvalue weighted by Crippen LogP contribution is -2.05. The van der Waals surface area contributed by atoms with Crippen LogP contribution in [0.25, 0.3) is 0 Å². The van der Waals surface area contributed by atoms with Crippen LogP contribution in [0.15, 0.2) is 0 Å². The molecule has 21 heavy (non-hydrogen) atoms. The Balaban J connectivity index is 0. The smallest absolute Gasteiger partial charge is 0.450 e. The first-order valence-corrected chi connectivity index (χ1v) is 6.42. The lowest BCUT2D eigenvalue weighted by Gasteiger charge is -1.98. The third kappa shape index (κ3) is 20.3. The monoisotopic (exact) mass is 310 g/mol. The fraction of sp³-hybridized carbons (Fsp3) is 0.750. The lowest BCUT2D eigenvalue weighted by atomic mass is 10.5. The van der Waals surface area contributed by atoms with E-state index in [1.807, 2.05) is 6.92 Å². The number of cyclic esters (lactones) is 2. The highest BCUT2D eigenvalue weighted by Crippen LogP contribution is 1.92. The van der Waals surface area contributed by atoms with Crippen LogP contribution >= 0.6 is 0 Å². The maximum absolute atomic E-state index is 10.2. The molecule has 0 saturated carbocycles. The van der Waals surface area contributed by atoms with Crippen molar-refractivity contribution in [3.63, 3.8) is 0 Å². The molecule has 0 aromatic carbocycles. The SMILES string of the molecule is CCCOC(=O)O.CCOC(=O)OCC.O=C1OCCO1. The summed E-state index contributed by atoms with van der Waals surface area (Å²) >= 11 is 0. The van der Waals surface area contributed by atoms with Crippen molar-refractivity contribution in [3.8, 4) is 0 Å². The molecule has 0 aliphatic carbocycles. The van der Waals surface area contributed by atoms with Gasteiger partial charge in [0, 0.05) is 0 Å². The molecule has 1 aliphatic heterocycles. The van der Waals surface area contributed by atoms with Gasteiger partial charge in [-0.25, -0.2) is 14.4 Å². The Morgan fingerprint density at radius 2 is 1.52 bits per heavy atom. The summed E-state index contributed by atoms with van der Waals surface area (Å²) in [5.41, 5.74) is 0. The molecule has 9 nitrogen and oxygen atoms in total. The molecule has 1 N–H and O–H groups in total. The van der Waals surface area contributed by atoms with E-state index in [0.717, 1.165) is 6.42 Å². The average Bonchev–Trinajstić information content (AvgIpc) is 2.89. The Morgan fingerprint density at radius 1 is 1.05 bits per heavy atom. The molecule has 0 amide bonds. The van der Waals surface area contributed by atoms with Gasteiger partial charge in [0.05, 0.1) is 19.8 Å². The number of ether oxygens (including phenoxy) is 5. The van der Waals surface area contributed by atoms with Crippen LogP contribution in [-0.2, 0) is 23.7 Å². The van der Waals surface area contributed by atoms with E-state index < -0.39 is 18.5 Å². The Bertz CT molecular complexity index is 274. The second-order valence-corrected chi connectivity index (χ2v) is 3.18. The third-order valence-corrected chi connectivity index (χ3v) is 1.48. The zero-order valence-electron chi connectivity index (χ0n) is 12.5. The van der Waals surface area contributed by atoms with Gasteiger partial charge in [-0.15, -0.1) is 0 Å². The first-order chi connectivity index (χ1) is 9.97. The zero-order chi connectivity index (χ0) is 16.5. The quantitative estimate of drug-likeness (QED) is 0.616. The van der Waals surface area contributed by atoms with Crippen LogP contribution in [0.2, 0.25) is 0 Å². The van der Waals surface area contributed by atoms with E-state index in [2.05, 4.69) is 23.7 Å². The summed E-state index contributed by atoms with van der Waals surface area (Å²) in [6.45, 7) is 7.20. The van der Waals surface area contributed by atoms with E-state index >= 15 is 0 Å². The van der Waals surface area contributed by atoms with Crippen LogP contribution in [0.5, 0.6) is 0 Å². The highest BCUT2D eigenvalue weighted by atomic mass is 16.8. The van der Waals surface area contributed by atoms with E-state index in [-0.39, 0.29) is 0 Å². The third-order valence-electron chi connectivity index (χ3n) is 1.48. The summed E-state index contributed by atoms with van der Waals surface area (Å²) < 4.78 is 21.5. The standard InChI is InChI=1S/C5H10O3.C4H8O3.C3H4O3/c1-3-7-5(6)8-4-2;1-2-3-7-4(5)6;4-3-5-1-2-6-3/h3-4H2,1-2H3;2-3H2,1H3,(H,5,6);1-2H2. The molecule has 1 saturated heterocycles. The van der Waals surface area contributed by atoms with Gasteiger partial charge in [-0.1, -0.05) is 6.92 Å². The summed E-state index contributed by atoms with van der Waals surface area (Å²) in [5.74, 6) is 0. The van der Waals surface area contributed by atoms with Crippen molar-refractivity contribution in [3.05, 3.63) is 0 Å². The minimum atomic E-state index is -1.19. The molecule has 1 fully saturated rings. The molecule has 124 valence electrons. The Morgan fingerprint density at radius 3 is 1.71 bits per heavy atom. The largest absolute Gasteiger partial charge is 0.508 e. The van der Waals surface area contributed by atoms with Gasteiger partial charge in [-0.3, -0.25) is 0 Å². The number of carbonyl (C=O) groups excluding carboxylic acids is 2. The number of hydrogen-bond donors (Lipinski definition) is 1. The molecule has 1 heterocycles. The minimum absolute atomic E-state index is 0.301. The van der Waals surface area contributed by atoms with Crippen LogP contribution in [0.4, 0.5) is 14.4 Å². The number of carbonyl (C=O) groups is 3. The van der Waals surface area contributed by atoms with Crippen LogP contribution in [0, 0.1) is 0 Å².